The van der Waals surface area contributed by atoms with Crippen LogP contribution in [-0.4, -0.2) is 30.9 Å². The van der Waals surface area contributed by atoms with Gasteiger partial charge < -0.3 is 15.5 Å². The van der Waals surface area contributed by atoms with Crippen molar-refractivity contribution in [3.63, 3.8) is 0 Å². The van der Waals surface area contributed by atoms with Crippen molar-refractivity contribution >= 4 is 23.2 Å². The Bertz CT molecular complexity index is 703. The zero-order valence-electron chi connectivity index (χ0n) is 19.1. The van der Waals surface area contributed by atoms with Crippen LogP contribution in [0.4, 0.5) is 11.4 Å². The SMILES string of the molecule is CCC(C)NC(=O)c1cc(NC(=O)CC(C)CC(C)(C)C)ccc1N1CCCC1. The van der Waals surface area contributed by atoms with E-state index >= 15 is 0 Å². The summed E-state index contributed by atoms with van der Waals surface area (Å²) in [5.74, 6) is 0.245. The molecule has 0 aromatic heterocycles. The Balaban J connectivity index is 2.15. The van der Waals surface area contributed by atoms with Crippen molar-refractivity contribution in [2.75, 3.05) is 23.3 Å². The van der Waals surface area contributed by atoms with Gasteiger partial charge in [-0.15, -0.1) is 0 Å². The van der Waals surface area contributed by atoms with Crippen LogP contribution < -0.4 is 15.5 Å². The van der Waals surface area contributed by atoms with E-state index < -0.39 is 0 Å². The molecule has 0 aliphatic carbocycles. The molecule has 2 amide bonds. The monoisotopic (exact) mass is 401 g/mol. The summed E-state index contributed by atoms with van der Waals surface area (Å²) in [5.41, 5.74) is 2.50. The number of hydrogen-bond acceptors (Lipinski definition) is 3. The van der Waals surface area contributed by atoms with E-state index in [-0.39, 0.29) is 23.3 Å². The van der Waals surface area contributed by atoms with Gasteiger partial charge in [0.1, 0.15) is 0 Å². The molecule has 162 valence electrons. The number of carbonyl (C=O) groups is 2. The number of amides is 2. The van der Waals surface area contributed by atoms with Crippen LogP contribution in [0.5, 0.6) is 0 Å². The molecule has 0 radical (unpaired) electrons. The van der Waals surface area contributed by atoms with Crippen molar-refractivity contribution in [3.8, 4) is 0 Å². The Hall–Kier alpha value is -2.04. The molecule has 1 aromatic carbocycles. The molecule has 2 atom stereocenters. The predicted molar refractivity (Wildman–Crippen MR) is 122 cm³/mol. The van der Waals surface area contributed by atoms with Gasteiger partial charge in [0.15, 0.2) is 0 Å². The van der Waals surface area contributed by atoms with Crippen molar-refractivity contribution in [2.45, 2.75) is 79.7 Å². The second-order valence-corrected chi connectivity index (χ2v) is 9.83. The normalized spacial score (nSPS) is 16.4. The largest absolute Gasteiger partial charge is 0.371 e. The Morgan fingerprint density at radius 2 is 1.79 bits per heavy atom. The third-order valence-electron chi connectivity index (χ3n) is 5.46. The number of anilines is 2. The van der Waals surface area contributed by atoms with Crippen LogP contribution >= 0.6 is 0 Å². The number of hydrogen-bond donors (Lipinski definition) is 2. The van der Waals surface area contributed by atoms with Gasteiger partial charge in [-0.2, -0.15) is 0 Å². The van der Waals surface area contributed by atoms with Crippen molar-refractivity contribution in [1.29, 1.82) is 0 Å². The Morgan fingerprint density at radius 1 is 1.14 bits per heavy atom. The predicted octanol–water partition coefficient (Wildman–Crippen LogP) is 5.22. The van der Waals surface area contributed by atoms with E-state index in [4.69, 9.17) is 0 Å². The summed E-state index contributed by atoms with van der Waals surface area (Å²) >= 11 is 0. The van der Waals surface area contributed by atoms with Crippen LogP contribution in [0.2, 0.25) is 0 Å². The fourth-order valence-electron chi connectivity index (χ4n) is 4.08. The topological polar surface area (TPSA) is 61.4 Å². The van der Waals surface area contributed by atoms with Crippen LogP contribution in [0.1, 0.15) is 84.0 Å². The van der Waals surface area contributed by atoms with Gasteiger partial charge in [0, 0.05) is 36.9 Å². The third kappa shape index (κ3) is 7.37. The lowest BCUT2D eigenvalue weighted by atomic mass is 9.84. The maximum Gasteiger partial charge on any atom is 0.253 e. The molecular formula is C24H39N3O2. The molecule has 5 heteroatoms. The highest BCUT2D eigenvalue weighted by molar-refractivity contribution is 6.02. The smallest absolute Gasteiger partial charge is 0.253 e. The standard InChI is InChI=1S/C24H39N3O2/c1-7-18(3)25-23(29)20-15-19(10-11-21(20)27-12-8-9-13-27)26-22(28)14-17(2)16-24(4,5)6/h10-11,15,17-18H,7-9,12-14,16H2,1-6H3,(H,25,29)(H,26,28). The molecule has 1 heterocycles. The van der Waals surface area contributed by atoms with Crippen LogP contribution in [-0.2, 0) is 4.79 Å². The first-order valence-electron chi connectivity index (χ1n) is 11.1. The summed E-state index contributed by atoms with van der Waals surface area (Å²) in [6.07, 6.45) is 4.66. The summed E-state index contributed by atoms with van der Waals surface area (Å²) in [7, 11) is 0. The van der Waals surface area contributed by atoms with Crippen LogP contribution in [0.3, 0.4) is 0 Å². The molecule has 0 saturated carbocycles. The molecule has 1 aliphatic rings. The minimum Gasteiger partial charge on any atom is -0.371 e. The fourth-order valence-corrected chi connectivity index (χ4v) is 4.08. The molecule has 2 unspecified atom stereocenters. The third-order valence-corrected chi connectivity index (χ3v) is 5.46. The first-order valence-corrected chi connectivity index (χ1v) is 11.1. The van der Waals surface area contributed by atoms with E-state index in [1.165, 1.54) is 0 Å². The number of nitrogens with one attached hydrogen (secondary N) is 2. The van der Waals surface area contributed by atoms with Crippen LogP contribution in [0, 0.1) is 11.3 Å². The first-order chi connectivity index (χ1) is 13.6. The number of benzene rings is 1. The van der Waals surface area contributed by atoms with Gasteiger partial charge in [-0.05, 0) is 62.1 Å². The molecule has 1 saturated heterocycles. The Morgan fingerprint density at radius 3 is 2.38 bits per heavy atom. The van der Waals surface area contributed by atoms with Crippen molar-refractivity contribution in [1.82, 2.24) is 5.32 Å². The highest BCUT2D eigenvalue weighted by Crippen LogP contribution is 2.29. The second-order valence-electron chi connectivity index (χ2n) is 9.83. The van der Waals surface area contributed by atoms with E-state index in [1.807, 2.05) is 25.1 Å². The fraction of sp³-hybridized carbons (Fsp3) is 0.667. The highest BCUT2D eigenvalue weighted by atomic mass is 16.2. The molecule has 1 aliphatic heterocycles. The zero-order chi connectivity index (χ0) is 21.6. The van der Waals surface area contributed by atoms with E-state index in [0.717, 1.165) is 44.5 Å². The van der Waals surface area contributed by atoms with Crippen molar-refractivity contribution in [2.24, 2.45) is 11.3 Å². The van der Waals surface area contributed by atoms with Crippen LogP contribution in [0.15, 0.2) is 18.2 Å². The lowest BCUT2D eigenvalue weighted by molar-refractivity contribution is -0.117. The second kappa shape index (κ2) is 10.1. The van der Waals surface area contributed by atoms with Gasteiger partial charge in [-0.1, -0.05) is 34.6 Å². The average Bonchev–Trinajstić information content (AvgIpc) is 3.14. The highest BCUT2D eigenvalue weighted by Gasteiger charge is 2.22. The maximum absolute atomic E-state index is 12.9. The van der Waals surface area contributed by atoms with E-state index in [2.05, 4.69) is 50.2 Å². The number of rotatable bonds is 8. The summed E-state index contributed by atoms with van der Waals surface area (Å²) in [6, 6.07) is 5.84. The van der Waals surface area contributed by atoms with Crippen molar-refractivity contribution < 1.29 is 9.59 Å². The quantitative estimate of drug-likeness (QED) is 0.628. The summed E-state index contributed by atoms with van der Waals surface area (Å²) < 4.78 is 0. The number of nitrogens with zero attached hydrogens (tertiary/aromatic N) is 1. The lowest BCUT2D eigenvalue weighted by Gasteiger charge is -2.24. The summed E-state index contributed by atoms with van der Waals surface area (Å²) in [5, 5.41) is 6.07. The van der Waals surface area contributed by atoms with E-state index in [1.54, 1.807) is 0 Å². The van der Waals surface area contributed by atoms with E-state index in [9.17, 15) is 9.59 Å². The molecule has 0 spiro atoms. The molecule has 5 nitrogen and oxygen atoms in total. The molecule has 2 rings (SSSR count). The van der Waals surface area contributed by atoms with Gasteiger partial charge in [0.25, 0.3) is 5.91 Å². The summed E-state index contributed by atoms with van der Waals surface area (Å²) in [4.78, 5) is 27.7. The molecule has 29 heavy (non-hydrogen) atoms. The molecular weight excluding hydrogens is 362 g/mol. The lowest BCUT2D eigenvalue weighted by Crippen LogP contribution is -2.33. The first kappa shape index (κ1) is 23.2. The van der Waals surface area contributed by atoms with E-state index in [0.29, 0.717) is 23.6 Å². The molecule has 0 bridgehead atoms. The molecule has 1 aromatic rings. The molecule has 2 N–H and O–H groups in total. The average molecular weight is 402 g/mol. The summed E-state index contributed by atoms with van der Waals surface area (Å²) in [6.45, 7) is 14.7. The maximum atomic E-state index is 12.9. The molecule has 1 fully saturated rings. The Labute approximate surface area is 176 Å². The van der Waals surface area contributed by atoms with Gasteiger partial charge in [0.2, 0.25) is 5.91 Å². The van der Waals surface area contributed by atoms with Gasteiger partial charge in [-0.25, -0.2) is 0 Å². The van der Waals surface area contributed by atoms with Gasteiger partial charge >= 0.3 is 0 Å². The Kier molecular flexibility index (Phi) is 8.12. The van der Waals surface area contributed by atoms with Gasteiger partial charge in [0.05, 0.1) is 5.56 Å². The van der Waals surface area contributed by atoms with Gasteiger partial charge in [-0.3, -0.25) is 9.59 Å². The number of carbonyl (C=O) groups excluding carboxylic acids is 2. The minimum atomic E-state index is -0.0709. The minimum absolute atomic E-state index is 0.00366. The van der Waals surface area contributed by atoms with Crippen molar-refractivity contribution in [3.05, 3.63) is 23.8 Å². The zero-order valence-corrected chi connectivity index (χ0v) is 19.1. The van der Waals surface area contributed by atoms with Crippen LogP contribution in [0.25, 0.3) is 0 Å².